The molecule has 1 aliphatic carbocycles. The molecule has 1 heterocycles. The Labute approximate surface area is 123 Å². The van der Waals surface area contributed by atoms with Crippen LogP contribution >= 0.6 is 0 Å². The second-order valence-electron chi connectivity index (χ2n) is 5.76. The number of fused-ring (bicyclic) bond motifs is 1. The number of benzene rings is 1. The van der Waals surface area contributed by atoms with E-state index in [-0.39, 0.29) is 11.9 Å². The average Bonchev–Trinajstić information content (AvgIpc) is 2.91. The van der Waals surface area contributed by atoms with E-state index in [0.29, 0.717) is 12.8 Å². The van der Waals surface area contributed by atoms with Crippen molar-refractivity contribution in [2.45, 2.75) is 44.2 Å². The van der Waals surface area contributed by atoms with Crippen LogP contribution in [0.3, 0.4) is 0 Å². The van der Waals surface area contributed by atoms with Crippen molar-refractivity contribution in [1.29, 1.82) is 0 Å². The third-order valence-electron chi connectivity index (χ3n) is 4.35. The lowest BCUT2D eigenvalue weighted by Crippen LogP contribution is -2.49. The van der Waals surface area contributed by atoms with E-state index >= 15 is 0 Å². The first-order valence-corrected chi connectivity index (χ1v) is 7.43. The SMILES string of the molecule is O=C(NC1CCCCC1C(=O)O)C1Cc2ccccc2O1. The fourth-order valence-corrected chi connectivity index (χ4v) is 3.20. The van der Waals surface area contributed by atoms with Crippen LogP contribution in [0.1, 0.15) is 31.2 Å². The molecule has 1 saturated carbocycles. The van der Waals surface area contributed by atoms with Gasteiger partial charge >= 0.3 is 5.97 Å². The van der Waals surface area contributed by atoms with Crippen LogP contribution in [0.2, 0.25) is 0 Å². The van der Waals surface area contributed by atoms with Crippen molar-refractivity contribution < 1.29 is 19.4 Å². The molecule has 2 N–H and O–H groups in total. The monoisotopic (exact) mass is 289 g/mol. The van der Waals surface area contributed by atoms with Gasteiger partial charge in [-0.25, -0.2) is 0 Å². The fraction of sp³-hybridized carbons (Fsp3) is 0.500. The van der Waals surface area contributed by atoms with Gasteiger partial charge < -0.3 is 15.2 Å². The molecule has 3 atom stereocenters. The number of hydrogen-bond acceptors (Lipinski definition) is 3. The number of amides is 1. The summed E-state index contributed by atoms with van der Waals surface area (Å²) in [7, 11) is 0. The summed E-state index contributed by atoms with van der Waals surface area (Å²) in [4.78, 5) is 23.6. The molecule has 1 amide bonds. The minimum Gasteiger partial charge on any atom is -0.481 e. The summed E-state index contributed by atoms with van der Waals surface area (Å²) in [6, 6.07) is 7.31. The number of nitrogens with one attached hydrogen (secondary N) is 1. The zero-order valence-corrected chi connectivity index (χ0v) is 11.7. The number of rotatable bonds is 3. The number of carbonyl (C=O) groups excluding carboxylic acids is 1. The number of carboxylic acids is 1. The van der Waals surface area contributed by atoms with Crippen molar-refractivity contribution in [3.8, 4) is 5.75 Å². The standard InChI is InChI=1S/C16H19NO4/c18-15(14-9-10-5-1-4-8-13(10)21-14)17-12-7-3-2-6-11(12)16(19)20/h1,4-5,8,11-12,14H,2-3,6-7,9H2,(H,17,18)(H,19,20). The molecule has 0 spiro atoms. The molecule has 1 aromatic rings. The molecule has 1 aliphatic heterocycles. The highest BCUT2D eigenvalue weighted by atomic mass is 16.5. The van der Waals surface area contributed by atoms with E-state index in [0.717, 1.165) is 30.6 Å². The van der Waals surface area contributed by atoms with Gasteiger partial charge in [-0.15, -0.1) is 0 Å². The largest absolute Gasteiger partial charge is 0.481 e. The zero-order chi connectivity index (χ0) is 14.8. The topological polar surface area (TPSA) is 75.6 Å². The molecule has 112 valence electrons. The third-order valence-corrected chi connectivity index (χ3v) is 4.35. The summed E-state index contributed by atoms with van der Waals surface area (Å²) < 4.78 is 5.65. The van der Waals surface area contributed by atoms with Gasteiger partial charge in [0.1, 0.15) is 5.75 Å². The molecular weight excluding hydrogens is 270 g/mol. The van der Waals surface area contributed by atoms with Crippen LogP contribution in [-0.2, 0) is 16.0 Å². The van der Waals surface area contributed by atoms with Crippen LogP contribution < -0.4 is 10.1 Å². The number of para-hydroxylation sites is 1. The number of ether oxygens (including phenoxy) is 1. The lowest BCUT2D eigenvalue weighted by Gasteiger charge is -2.30. The Morgan fingerprint density at radius 3 is 2.71 bits per heavy atom. The minimum atomic E-state index is -0.823. The Morgan fingerprint density at radius 1 is 1.19 bits per heavy atom. The maximum Gasteiger partial charge on any atom is 0.308 e. The molecule has 0 radical (unpaired) electrons. The van der Waals surface area contributed by atoms with Crippen molar-refractivity contribution in [2.75, 3.05) is 0 Å². The summed E-state index contributed by atoms with van der Waals surface area (Å²) in [5.41, 5.74) is 1.02. The molecule has 0 bridgehead atoms. The van der Waals surface area contributed by atoms with Gasteiger partial charge in [0.15, 0.2) is 6.10 Å². The van der Waals surface area contributed by atoms with Gasteiger partial charge in [-0.1, -0.05) is 31.0 Å². The Bertz CT molecular complexity index is 532. The minimum absolute atomic E-state index is 0.204. The molecule has 21 heavy (non-hydrogen) atoms. The molecule has 1 aromatic carbocycles. The van der Waals surface area contributed by atoms with Gasteiger partial charge in [0.25, 0.3) is 5.91 Å². The highest BCUT2D eigenvalue weighted by Crippen LogP contribution is 2.29. The zero-order valence-electron chi connectivity index (χ0n) is 11.7. The summed E-state index contributed by atoms with van der Waals surface area (Å²) in [6.45, 7) is 0. The lowest BCUT2D eigenvalue weighted by molar-refractivity contribution is -0.144. The first-order valence-electron chi connectivity index (χ1n) is 7.43. The predicted octanol–water partition coefficient (Wildman–Crippen LogP) is 1.75. The molecule has 0 saturated heterocycles. The highest BCUT2D eigenvalue weighted by molar-refractivity contribution is 5.83. The van der Waals surface area contributed by atoms with Crippen LogP contribution in [0.15, 0.2) is 24.3 Å². The molecule has 1 fully saturated rings. The van der Waals surface area contributed by atoms with Crippen LogP contribution in [-0.4, -0.2) is 29.1 Å². The van der Waals surface area contributed by atoms with Gasteiger partial charge in [0, 0.05) is 12.5 Å². The predicted molar refractivity (Wildman–Crippen MR) is 76.1 cm³/mol. The van der Waals surface area contributed by atoms with Gasteiger partial charge in [-0.3, -0.25) is 9.59 Å². The van der Waals surface area contributed by atoms with E-state index in [2.05, 4.69) is 5.32 Å². The Balaban J connectivity index is 1.63. The average molecular weight is 289 g/mol. The number of hydrogen-bond donors (Lipinski definition) is 2. The van der Waals surface area contributed by atoms with Crippen molar-refractivity contribution in [2.24, 2.45) is 5.92 Å². The fourth-order valence-electron chi connectivity index (χ4n) is 3.20. The smallest absolute Gasteiger partial charge is 0.308 e. The summed E-state index contributed by atoms with van der Waals surface area (Å²) in [6.07, 6.45) is 3.23. The molecule has 2 aliphatic rings. The van der Waals surface area contributed by atoms with Crippen LogP contribution in [0, 0.1) is 5.92 Å². The Kier molecular flexibility index (Phi) is 3.82. The summed E-state index contributed by atoms with van der Waals surface area (Å²) >= 11 is 0. The van der Waals surface area contributed by atoms with Crippen LogP contribution in [0.25, 0.3) is 0 Å². The molecule has 3 unspecified atom stereocenters. The highest BCUT2D eigenvalue weighted by Gasteiger charge is 2.35. The summed E-state index contributed by atoms with van der Waals surface area (Å²) in [5.74, 6) is -0.762. The van der Waals surface area contributed by atoms with E-state index in [1.807, 2.05) is 24.3 Å². The Morgan fingerprint density at radius 2 is 1.95 bits per heavy atom. The van der Waals surface area contributed by atoms with Crippen molar-refractivity contribution in [1.82, 2.24) is 5.32 Å². The Hall–Kier alpha value is -2.04. The molecular formula is C16H19NO4. The molecule has 0 aromatic heterocycles. The van der Waals surface area contributed by atoms with Gasteiger partial charge in [-0.2, -0.15) is 0 Å². The maximum atomic E-state index is 12.3. The second kappa shape index (κ2) is 5.76. The third kappa shape index (κ3) is 2.86. The molecule has 3 rings (SSSR count). The lowest BCUT2D eigenvalue weighted by atomic mass is 9.84. The number of carboxylic acid groups (broad SMARTS) is 1. The van der Waals surface area contributed by atoms with E-state index in [1.165, 1.54) is 0 Å². The first-order chi connectivity index (χ1) is 10.1. The number of aliphatic carboxylic acids is 1. The van der Waals surface area contributed by atoms with E-state index < -0.39 is 18.0 Å². The van der Waals surface area contributed by atoms with E-state index in [1.54, 1.807) is 0 Å². The second-order valence-corrected chi connectivity index (χ2v) is 5.76. The molecule has 5 nitrogen and oxygen atoms in total. The van der Waals surface area contributed by atoms with Crippen LogP contribution in [0.5, 0.6) is 5.75 Å². The maximum absolute atomic E-state index is 12.3. The normalized spacial score (nSPS) is 27.5. The van der Waals surface area contributed by atoms with E-state index in [4.69, 9.17) is 4.74 Å². The quantitative estimate of drug-likeness (QED) is 0.889. The van der Waals surface area contributed by atoms with Gasteiger partial charge in [0.05, 0.1) is 5.92 Å². The van der Waals surface area contributed by atoms with Crippen molar-refractivity contribution in [3.05, 3.63) is 29.8 Å². The van der Waals surface area contributed by atoms with Crippen molar-refractivity contribution >= 4 is 11.9 Å². The molecule has 5 heteroatoms. The van der Waals surface area contributed by atoms with Crippen molar-refractivity contribution in [3.63, 3.8) is 0 Å². The summed E-state index contributed by atoms with van der Waals surface area (Å²) in [5, 5.41) is 12.1. The van der Waals surface area contributed by atoms with E-state index in [9.17, 15) is 14.7 Å². The number of carbonyl (C=O) groups is 2. The van der Waals surface area contributed by atoms with Gasteiger partial charge in [0.2, 0.25) is 0 Å². The van der Waals surface area contributed by atoms with Gasteiger partial charge in [-0.05, 0) is 24.5 Å². The first kappa shape index (κ1) is 13.9. The van der Waals surface area contributed by atoms with Crippen LogP contribution in [0.4, 0.5) is 0 Å².